The maximum absolute atomic E-state index is 5.88. The summed E-state index contributed by atoms with van der Waals surface area (Å²) in [5.41, 5.74) is 8.48. The van der Waals surface area contributed by atoms with E-state index in [-0.39, 0.29) is 0 Å². The van der Waals surface area contributed by atoms with Gasteiger partial charge in [0.25, 0.3) is 0 Å². The van der Waals surface area contributed by atoms with Crippen LogP contribution in [0.25, 0.3) is 0 Å². The third kappa shape index (κ3) is 1.20. The van der Waals surface area contributed by atoms with Gasteiger partial charge in [0.05, 0.1) is 0 Å². The van der Waals surface area contributed by atoms with Gasteiger partial charge in [0.15, 0.2) is 0 Å². The van der Waals surface area contributed by atoms with Crippen molar-refractivity contribution >= 4 is 0 Å². The van der Waals surface area contributed by atoms with E-state index in [1.807, 2.05) is 0 Å². The van der Waals surface area contributed by atoms with Crippen molar-refractivity contribution in [1.29, 1.82) is 0 Å². The molecule has 1 heteroatoms. The molecule has 0 saturated heterocycles. The molecule has 2 aliphatic carbocycles. The van der Waals surface area contributed by atoms with Gasteiger partial charge in [0.2, 0.25) is 0 Å². The Morgan fingerprint density at radius 2 is 2.27 bits per heavy atom. The molecule has 1 atom stereocenters. The molecule has 1 fully saturated rings. The SMILES string of the molecule is NC1=C2CCCCC2CC=C1. The van der Waals surface area contributed by atoms with Crippen LogP contribution in [0.3, 0.4) is 0 Å². The number of rotatable bonds is 0. The van der Waals surface area contributed by atoms with Crippen LogP contribution in [0, 0.1) is 5.92 Å². The second-order valence-corrected chi connectivity index (χ2v) is 3.56. The van der Waals surface area contributed by atoms with Crippen molar-refractivity contribution in [1.82, 2.24) is 0 Å². The Balaban J connectivity index is 2.25. The fourth-order valence-corrected chi connectivity index (χ4v) is 2.19. The predicted molar refractivity (Wildman–Crippen MR) is 46.9 cm³/mol. The van der Waals surface area contributed by atoms with Crippen LogP contribution in [0.4, 0.5) is 0 Å². The van der Waals surface area contributed by atoms with E-state index in [1.54, 1.807) is 5.57 Å². The van der Waals surface area contributed by atoms with Crippen molar-refractivity contribution in [2.45, 2.75) is 32.1 Å². The van der Waals surface area contributed by atoms with E-state index in [9.17, 15) is 0 Å². The number of fused-ring (bicyclic) bond motifs is 1. The van der Waals surface area contributed by atoms with Crippen LogP contribution < -0.4 is 5.73 Å². The number of hydrogen-bond donors (Lipinski definition) is 1. The van der Waals surface area contributed by atoms with Crippen molar-refractivity contribution in [3.63, 3.8) is 0 Å². The summed E-state index contributed by atoms with van der Waals surface area (Å²) in [6.45, 7) is 0. The van der Waals surface area contributed by atoms with Crippen LogP contribution in [0.15, 0.2) is 23.4 Å². The molecule has 0 bridgehead atoms. The van der Waals surface area contributed by atoms with Crippen LogP contribution in [-0.2, 0) is 0 Å². The zero-order valence-corrected chi connectivity index (χ0v) is 6.84. The smallest absolute Gasteiger partial charge is 0.0305 e. The summed E-state index contributed by atoms with van der Waals surface area (Å²) in [7, 11) is 0. The first-order valence-electron chi connectivity index (χ1n) is 4.53. The van der Waals surface area contributed by atoms with Gasteiger partial charge in [0.1, 0.15) is 0 Å². The Bertz CT molecular complexity index is 213. The minimum Gasteiger partial charge on any atom is -0.399 e. The summed E-state index contributed by atoms with van der Waals surface area (Å²) in [6.07, 6.45) is 10.9. The van der Waals surface area contributed by atoms with Crippen LogP contribution in [-0.4, -0.2) is 0 Å². The zero-order chi connectivity index (χ0) is 7.68. The standard InChI is InChI=1S/C10H15N/c11-10-7-3-5-8-4-1-2-6-9(8)10/h3,7-8H,1-2,4-6,11H2. The van der Waals surface area contributed by atoms with Crippen molar-refractivity contribution in [2.24, 2.45) is 11.7 Å². The molecule has 0 heterocycles. The van der Waals surface area contributed by atoms with Gasteiger partial charge in [-0.2, -0.15) is 0 Å². The molecule has 2 rings (SSSR count). The van der Waals surface area contributed by atoms with Crippen molar-refractivity contribution in [3.05, 3.63) is 23.4 Å². The third-order valence-corrected chi connectivity index (χ3v) is 2.83. The first kappa shape index (κ1) is 6.96. The van der Waals surface area contributed by atoms with Gasteiger partial charge in [-0.15, -0.1) is 0 Å². The Morgan fingerprint density at radius 1 is 1.36 bits per heavy atom. The quantitative estimate of drug-likeness (QED) is 0.562. The van der Waals surface area contributed by atoms with Crippen molar-refractivity contribution in [2.75, 3.05) is 0 Å². The Morgan fingerprint density at radius 3 is 3.09 bits per heavy atom. The highest BCUT2D eigenvalue weighted by Gasteiger charge is 2.21. The van der Waals surface area contributed by atoms with E-state index in [1.165, 1.54) is 32.1 Å². The van der Waals surface area contributed by atoms with E-state index in [2.05, 4.69) is 12.2 Å². The molecule has 2 aliphatic rings. The second kappa shape index (κ2) is 2.72. The average molecular weight is 149 g/mol. The highest BCUT2D eigenvalue weighted by Crippen LogP contribution is 2.35. The zero-order valence-electron chi connectivity index (χ0n) is 6.84. The molecule has 0 aliphatic heterocycles. The summed E-state index contributed by atoms with van der Waals surface area (Å²) >= 11 is 0. The predicted octanol–water partition coefficient (Wildman–Crippen LogP) is 2.35. The highest BCUT2D eigenvalue weighted by molar-refractivity contribution is 5.29. The van der Waals surface area contributed by atoms with Crippen LogP contribution >= 0.6 is 0 Å². The number of hydrogen-bond acceptors (Lipinski definition) is 1. The lowest BCUT2D eigenvalue weighted by Crippen LogP contribution is -2.16. The summed E-state index contributed by atoms with van der Waals surface area (Å²) in [4.78, 5) is 0. The minimum atomic E-state index is 0.800. The summed E-state index contributed by atoms with van der Waals surface area (Å²) in [5, 5.41) is 0. The Kier molecular flexibility index (Phi) is 1.72. The van der Waals surface area contributed by atoms with E-state index in [0.29, 0.717) is 0 Å². The fourth-order valence-electron chi connectivity index (χ4n) is 2.19. The number of allylic oxidation sites excluding steroid dienone is 3. The molecule has 0 amide bonds. The molecule has 0 aromatic heterocycles. The molecule has 1 unspecified atom stereocenters. The lowest BCUT2D eigenvalue weighted by atomic mass is 9.79. The van der Waals surface area contributed by atoms with Gasteiger partial charge in [0, 0.05) is 5.70 Å². The summed E-state index contributed by atoms with van der Waals surface area (Å²) in [5.74, 6) is 0.800. The van der Waals surface area contributed by atoms with Crippen molar-refractivity contribution in [3.8, 4) is 0 Å². The molecular formula is C10H15N. The Labute approximate surface area is 68.0 Å². The first-order chi connectivity index (χ1) is 5.38. The minimum absolute atomic E-state index is 0.800. The van der Waals surface area contributed by atoms with E-state index < -0.39 is 0 Å². The molecule has 0 aromatic carbocycles. The molecular weight excluding hydrogens is 134 g/mol. The normalized spacial score (nSPS) is 30.4. The third-order valence-electron chi connectivity index (χ3n) is 2.83. The molecule has 1 nitrogen and oxygen atoms in total. The highest BCUT2D eigenvalue weighted by atomic mass is 14.6. The monoisotopic (exact) mass is 149 g/mol. The summed E-state index contributed by atoms with van der Waals surface area (Å²) in [6, 6.07) is 0. The van der Waals surface area contributed by atoms with Gasteiger partial charge >= 0.3 is 0 Å². The summed E-state index contributed by atoms with van der Waals surface area (Å²) < 4.78 is 0. The molecule has 1 saturated carbocycles. The fraction of sp³-hybridized carbons (Fsp3) is 0.600. The Hall–Kier alpha value is -0.720. The van der Waals surface area contributed by atoms with E-state index >= 15 is 0 Å². The maximum Gasteiger partial charge on any atom is 0.0305 e. The number of nitrogens with two attached hydrogens (primary N) is 1. The van der Waals surface area contributed by atoms with Crippen LogP contribution in [0.1, 0.15) is 32.1 Å². The molecule has 60 valence electrons. The molecule has 2 N–H and O–H groups in total. The van der Waals surface area contributed by atoms with Crippen LogP contribution in [0.5, 0.6) is 0 Å². The lowest BCUT2D eigenvalue weighted by molar-refractivity contribution is 0.448. The van der Waals surface area contributed by atoms with Crippen LogP contribution in [0.2, 0.25) is 0 Å². The maximum atomic E-state index is 5.88. The van der Waals surface area contributed by atoms with Gasteiger partial charge in [-0.25, -0.2) is 0 Å². The molecule has 0 aromatic rings. The van der Waals surface area contributed by atoms with E-state index in [4.69, 9.17) is 5.73 Å². The van der Waals surface area contributed by atoms with Crippen molar-refractivity contribution < 1.29 is 0 Å². The average Bonchev–Trinajstić information content (AvgIpc) is 2.06. The molecule has 11 heavy (non-hydrogen) atoms. The topological polar surface area (TPSA) is 26.0 Å². The molecule has 0 spiro atoms. The molecule has 0 radical (unpaired) electrons. The van der Waals surface area contributed by atoms with Gasteiger partial charge in [-0.05, 0) is 43.3 Å². The second-order valence-electron chi connectivity index (χ2n) is 3.56. The van der Waals surface area contributed by atoms with Gasteiger partial charge < -0.3 is 5.73 Å². The van der Waals surface area contributed by atoms with Gasteiger partial charge in [-0.3, -0.25) is 0 Å². The van der Waals surface area contributed by atoms with E-state index in [0.717, 1.165) is 11.6 Å². The van der Waals surface area contributed by atoms with Gasteiger partial charge in [-0.1, -0.05) is 12.5 Å². The first-order valence-corrected chi connectivity index (χ1v) is 4.53. The lowest BCUT2D eigenvalue weighted by Gasteiger charge is -2.27. The largest absolute Gasteiger partial charge is 0.399 e.